The molecule has 0 bridgehead atoms. The highest BCUT2D eigenvalue weighted by Gasteiger charge is 2.12. The molecule has 0 saturated carbocycles. The number of carboxylic acid groups (broad SMARTS) is 1. The fourth-order valence-electron chi connectivity index (χ4n) is 2.55. The van der Waals surface area contributed by atoms with Gasteiger partial charge in [0, 0.05) is 5.56 Å². The quantitative estimate of drug-likeness (QED) is 0.431. The molecule has 0 radical (unpaired) electrons. The van der Waals surface area contributed by atoms with Gasteiger partial charge in [-0.15, -0.1) is 0 Å². The Balaban J connectivity index is 2.38. The molecule has 24 heavy (non-hydrogen) atoms. The molecule has 0 atom stereocenters. The maximum atomic E-state index is 11.2. The molecule has 0 unspecified atom stereocenters. The van der Waals surface area contributed by atoms with E-state index in [2.05, 4.69) is 6.92 Å². The summed E-state index contributed by atoms with van der Waals surface area (Å²) in [5, 5.41) is 20.0. The van der Waals surface area contributed by atoms with Crippen LogP contribution >= 0.6 is 0 Å². The van der Waals surface area contributed by atoms with E-state index >= 15 is 0 Å². The number of carboxylic acids is 1. The van der Waals surface area contributed by atoms with Crippen LogP contribution in [0.25, 0.3) is 16.8 Å². The lowest BCUT2D eigenvalue weighted by Gasteiger charge is -2.12. The molecule has 124 valence electrons. The lowest BCUT2D eigenvalue weighted by Crippen LogP contribution is -2.01. The van der Waals surface area contributed by atoms with Gasteiger partial charge in [-0.05, 0) is 29.3 Å². The summed E-state index contributed by atoms with van der Waals surface area (Å²) >= 11 is 0. The van der Waals surface area contributed by atoms with E-state index in [1.807, 2.05) is 36.4 Å². The molecule has 0 aliphatic rings. The van der Waals surface area contributed by atoms with Crippen molar-refractivity contribution in [1.82, 2.24) is 0 Å². The van der Waals surface area contributed by atoms with Gasteiger partial charge in [0.1, 0.15) is 17.4 Å². The number of aliphatic carboxylic acids is 1. The van der Waals surface area contributed by atoms with Crippen molar-refractivity contribution in [2.24, 2.45) is 0 Å². The van der Waals surface area contributed by atoms with E-state index in [1.54, 1.807) is 6.07 Å². The molecule has 4 heteroatoms. The van der Waals surface area contributed by atoms with E-state index in [0.29, 0.717) is 17.9 Å². The van der Waals surface area contributed by atoms with Gasteiger partial charge in [-0.2, -0.15) is 5.26 Å². The predicted octanol–water partition coefficient (Wildman–Crippen LogP) is 4.79. The summed E-state index contributed by atoms with van der Waals surface area (Å²) in [5.41, 5.74) is 0.338. The highest BCUT2D eigenvalue weighted by Crippen LogP contribution is 2.30. The van der Waals surface area contributed by atoms with Gasteiger partial charge in [-0.25, -0.2) is 4.79 Å². The Morgan fingerprint density at radius 1 is 1.21 bits per heavy atom. The summed E-state index contributed by atoms with van der Waals surface area (Å²) in [6.45, 7) is 2.73. The molecule has 2 aromatic rings. The van der Waals surface area contributed by atoms with Crippen LogP contribution in [-0.2, 0) is 4.79 Å². The number of fused-ring (bicyclic) bond motifs is 1. The van der Waals surface area contributed by atoms with Crippen molar-refractivity contribution < 1.29 is 14.6 Å². The summed E-state index contributed by atoms with van der Waals surface area (Å²) in [4.78, 5) is 11.2. The second-order valence-corrected chi connectivity index (χ2v) is 5.58. The summed E-state index contributed by atoms with van der Waals surface area (Å²) in [7, 11) is 0. The van der Waals surface area contributed by atoms with E-state index < -0.39 is 5.97 Å². The van der Waals surface area contributed by atoms with Crippen molar-refractivity contribution in [3.63, 3.8) is 0 Å². The number of hydrogen-bond donors (Lipinski definition) is 1. The highest BCUT2D eigenvalue weighted by atomic mass is 16.5. The van der Waals surface area contributed by atoms with Crippen LogP contribution in [0.5, 0.6) is 5.75 Å². The van der Waals surface area contributed by atoms with Gasteiger partial charge in [0.05, 0.1) is 6.61 Å². The minimum atomic E-state index is -1.24. The molecular weight excluding hydrogens is 302 g/mol. The Morgan fingerprint density at radius 3 is 2.71 bits per heavy atom. The summed E-state index contributed by atoms with van der Waals surface area (Å²) in [6, 6.07) is 13.2. The Morgan fingerprint density at radius 2 is 2.00 bits per heavy atom. The fraction of sp³-hybridized carbons (Fsp3) is 0.300. The van der Waals surface area contributed by atoms with E-state index in [9.17, 15) is 4.79 Å². The van der Waals surface area contributed by atoms with Gasteiger partial charge in [0.25, 0.3) is 0 Å². The van der Waals surface area contributed by atoms with Gasteiger partial charge in [0.2, 0.25) is 0 Å². The van der Waals surface area contributed by atoms with Crippen LogP contribution in [-0.4, -0.2) is 17.7 Å². The number of rotatable bonds is 8. The smallest absolute Gasteiger partial charge is 0.346 e. The Labute approximate surface area is 142 Å². The van der Waals surface area contributed by atoms with Crippen molar-refractivity contribution in [3.8, 4) is 11.8 Å². The second kappa shape index (κ2) is 8.73. The number of ether oxygens (including phenoxy) is 1. The molecule has 0 fully saturated rings. The summed E-state index contributed by atoms with van der Waals surface area (Å²) < 4.78 is 5.87. The Kier molecular flexibility index (Phi) is 6.39. The van der Waals surface area contributed by atoms with Crippen molar-refractivity contribution in [1.29, 1.82) is 5.26 Å². The maximum Gasteiger partial charge on any atom is 0.346 e. The van der Waals surface area contributed by atoms with E-state index in [1.165, 1.54) is 12.5 Å². The van der Waals surface area contributed by atoms with Gasteiger partial charge in [0.15, 0.2) is 0 Å². The molecule has 0 amide bonds. The Hall–Kier alpha value is -2.80. The van der Waals surface area contributed by atoms with Crippen LogP contribution in [0.15, 0.2) is 42.0 Å². The number of carbonyl (C=O) groups is 1. The first kappa shape index (κ1) is 17.6. The van der Waals surface area contributed by atoms with E-state index in [0.717, 1.165) is 30.0 Å². The molecule has 0 aromatic heterocycles. The zero-order valence-electron chi connectivity index (χ0n) is 13.8. The lowest BCUT2D eigenvalue weighted by atomic mass is 10.0. The van der Waals surface area contributed by atoms with Crippen LogP contribution in [0.4, 0.5) is 0 Å². The molecule has 0 aliphatic carbocycles. The number of benzene rings is 2. The molecule has 4 nitrogen and oxygen atoms in total. The Bertz CT molecular complexity index is 787. The standard InChI is InChI=1S/C20H21NO3/c1-2-3-4-7-12-24-19-11-10-15-8-5-6-9-17(15)18(19)13-16(14-21)20(22)23/h5-6,8-11,13H,2-4,7,12H2,1H3,(H,22,23). The molecule has 2 aromatic carbocycles. The van der Waals surface area contributed by atoms with Crippen LogP contribution in [0.3, 0.4) is 0 Å². The van der Waals surface area contributed by atoms with E-state index in [4.69, 9.17) is 15.1 Å². The van der Waals surface area contributed by atoms with Crippen molar-refractivity contribution in [3.05, 3.63) is 47.5 Å². The number of nitriles is 1. The van der Waals surface area contributed by atoms with Crippen LogP contribution in [0.1, 0.15) is 38.2 Å². The molecule has 2 rings (SSSR count). The molecule has 0 heterocycles. The first-order chi connectivity index (χ1) is 11.7. The fourth-order valence-corrected chi connectivity index (χ4v) is 2.55. The topological polar surface area (TPSA) is 70.3 Å². The minimum Gasteiger partial charge on any atom is -0.493 e. The SMILES string of the molecule is CCCCCCOc1ccc2ccccc2c1C=C(C#N)C(=O)O. The molecule has 0 saturated heterocycles. The zero-order chi connectivity index (χ0) is 17.4. The number of nitrogens with zero attached hydrogens (tertiary/aromatic N) is 1. The number of hydrogen-bond acceptors (Lipinski definition) is 3. The van der Waals surface area contributed by atoms with Gasteiger partial charge in [-0.3, -0.25) is 0 Å². The summed E-state index contributed by atoms with van der Waals surface area (Å²) in [5.74, 6) is -0.626. The monoisotopic (exact) mass is 323 g/mol. The van der Waals surface area contributed by atoms with Gasteiger partial charge in [-0.1, -0.05) is 56.5 Å². The minimum absolute atomic E-state index is 0.304. The van der Waals surface area contributed by atoms with Crippen molar-refractivity contribution in [2.45, 2.75) is 32.6 Å². The second-order valence-electron chi connectivity index (χ2n) is 5.58. The maximum absolute atomic E-state index is 11.2. The third kappa shape index (κ3) is 4.36. The van der Waals surface area contributed by atoms with Gasteiger partial charge < -0.3 is 9.84 Å². The average molecular weight is 323 g/mol. The van der Waals surface area contributed by atoms with Crippen LogP contribution in [0.2, 0.25) is 0 Å². The summed E-state index contributed by atoms with van der Waals surface area (Å²) in [6.07, 6.45) is 5.78. The van der Waals surface area contributed by atoms with Crippen molar-refractivity contribution >= 4 is 22.8 Å². The van der Waals surface area contributed by atoms with Gasteiger partial charge >= 0.3 is 5.97 Å². The first-order valence-electron chi connectivity index (χ1n) is 8.17. The molecule has 0 aliphatic heterocycles. The third-order valence-corrected chi connectivity index (χ3v) is 3.83. The number of unbranched alkanes of at least 4 members (excludes halogenated alkanes) is 3. The van der Waals surface area contributed by atoms with Crippen LogP contribution < -0.4 is 4.74 Å². The van der Waals surface area contributed by atoms with Crippen molar-refractivity contribution in [2.75, 3.05) is 6.61 Å². The first-order valence-corrected chi connectivity index (χ1v) is 8.17. The molecular formula is C20H21NO3. The largest absolute Gasteiger partial charge is 0.493 e. The predicted molar refractivity (Wildman–Crippen MR) is 94.8 cm³/mol. The average Bonchev–Trinajstić information content (AvgIpc) is 2.59. The normalized spacial score (nSPS) is 11.2. The molecule has 1 N–H and O–H groups in total. The third-order valence-electron chi connectivity index (χ3n) is 3.83. The van der Waals surface area contributed by atoms with E-state index in [-0.39, 0.29) is 5.57 Å². The zero-order valence-corrected chi connectivity index (χ0v) is 13.8. The highest BCUT2D eigenvalue weighted by molar-refractivity contribution is 6.01. The molecule has 0 spiro atoms. The van der Waals surface area contributed by atoms with Crippen LogP contribution in [0, 0.1) is 11.3 Å². The lowest BCUT2D eigenvalue weighted by molar-refractivity contribution is -0.132.